The van der Waals surface area contributed by atoms with Gasteiger partial charge < -0.3 is 5.32 Å². The fourth-order valence-corrected chi connectivity index (χ4v) is 5.28. The van der Waals surface area contributed by atoms with Crippen LogP contribution in [0.4, 0.5) is 5.69 Å². The number of nitrogens with one attached hydrogen (secondary N) is 1. The first kappa shape index (κ1) is 23.3. The Morgan fingerprint density at radius 1 is 1.28 bits per heavy atom. The highest BCUT2D eigenvalue weighted by Gasteiger charge is 2.27. The number of carbonyl (C=O) groups is 1. The maximum atomic E-state index is 13.2. The molecule has 0 aromatic heterocycles. The van der Waals surface area contributed by atoms with Gasteiger partial charge in [-0.15, -0.1) is 0 Å². The monoisotopic (exact) mass is 420 g/mol. The molecule has 1 heterocycles. The van der Waals surface area contributed by atoms with Gasteiger partial charge in [-0.3, -0.25) is 9.69 Å². The molecule has 1 unspecified atom stereocenters. The fraction of sp³-hybridized carbons (Fsp3) is 0.619. The van der Waals surface area contributed by atoms with Crippen LogP contribution in [0.1, 0.15) is 45.1 Å². The van der Waals surface area contributed by atoms with Crippen LogP contribution in [0, 0.1) is 24.2 Å². The van der Waals surface area contributed by atoms with Gasteiger partial charge in [-0.25, -0.2) is 8.42 Å². The smallest absolute Gasteiger partial charge is 0.243 e. The lowest BCUT2D eigenvalue weighted by Crippen LogP contribution is -2.36. The number of anilines is 1. The lowest BCUT2D eigenvalue weighted by atomic mass is 10.2. The maximum Gasteiger partial charge on any atom is 0.243 e. The third-order valence-electron chi connectivity index (χ3n) is 5.22. The van der Waals surface area contributed by atoms with Crippen molar-refractivity contribution in [1.82, 2.24) is 9.21 Å². The molecule has 1 fully saturated rings. The molecule has 8 heteroatoms. The van der Waals surface area contributed by atoms with Crippen molar-refractivity contribution in [2.75, 3.05) is 38.0 Å². The van der Waals surface area contributed by atoms with E-state index >= 15 is 0 Å². The quantitative estimate of drug-likeness (QED) is 0.698. The van der Waals surface area contributed by atoms with Crippen LogP contribution in [0.5, 0.6) is 0 Å². The number of aryl methyl sites for hydroxylation is 1. The second-order valence-electron chi connectivity index (χ2n) is 7.70. The summed E-state index contributed by atoms with van der Waals surface area (Å²) in [6, 6.07) is 7.19. The number of likely N-dealkylation sites (N-methyl/N-ethyl adjacent to an activating group) is 1. The van der Waals surface area contributed by atoms with Gasteiger partial charge >= 0.3 is 0 Å². The highest BCUT2D eigenvalue weighted by Crippen LogP contribution is 2.25. The molecule has 7 nitrogen and oxygen atoms in total. The standard InChI is InChI=1S/C21H32N4O3S/c1-4-24(15-17(2)14-22)16-21(26)23-19-10-9-18(3)20(13-19)29(27,28)25-11-7-5-6-8-12-25/h9-10,13,17H,4-8,11-12,15-16H2,1-3H3,(H,23,26). The molecule has 1 aliphatic heterocycles. The highest BCUT2D eigenvalue weighted by atomic mass is 32.2. The minimum Gasteiger partial charge on any atom is -0.325 e. The topological polar surface area (TPSA) is 93.5 Å². The van der Waals surface area contributed by atoms with Crippen LogP contribution in [-0.4, -0.2) is 56.3 Å². The first-order valence-corrected chi connectivity index (χ1v) is 11.7. The van der Waals surface area contributed by atoms with Gasteiger partial charge in [-0.2, -0.15) is 9.57 Å². The molecule has 1 aromatic rings. The summed E-state index contributed by atoms with van der Waals surface area (Å²) in [6.07, 6.45) is 3.87. The number of rotatable bonds is 8. The Balaban J connectivity index is 2.13. The van der Waals surface area contributed by atoms with Crippen LogP contribution in [-0.2, 0) is 14.8 Å². The van der Waals surface area contributed by atoms with Gasteiger partial charge in [0.25, 0.3) is 0 Å². The minimum atomic E-state index is -3.59. The molecule has 0 saturated carbocycles. The van der Waals surface area contributed by atoms with Crippen LogP contribution in [0.3, 0.4) is 0 Å². The van der Waals surface area contributed by atoms with E-state index in [4.69, 9.17) is 5.26 Å². The van der Waals surface area contributed by atoms with Crippen molar-refractivity contribution < 1.29 is 13.2 Å². The summed E-state index contributed by atoms with van der Waals surface area (Å²) in [7, 11) is -3.59. The number of sulfonamides is 1. The Bertz CT molecular complexity index is 840. The van der Waals surface area contributed by atoms with E-state index in [1.807, 2.05) is 18.7 Å². The number of benzene rings is 1. The fourth-order valence-electron chi connectivity index (χ4n) is 3.51. The van der Waals surface area contributed by atoms with Crippen molar-refractivity contribution in [3.8, 4) is 6.07 Å². The van der Waals surface area contributed by atoms with Crippen LogP contribution in [0.25, 0.3) is 0 Å². The molecule has 0 aliphatic carbocycles. The Hall–Kier alpha value is -1.95. The van der Waals surface area contributed by atoms with Gasteiger partial charge in [-0.05, 0) is 50.9 Å². The van der Waals surface area contributed by atoms with Crippen LogP contribution in [0.15, 0.2) is 23.1 Å². The molecular weight excluding hydrogens is 388 g/mol. The summed E-state index contributed by atoms with van der Waals surface area (Å²) >= 11 is 0. The van der Waals surface area contributed by atoms with E-state index < -0.39 is 10.0 Å². The predicted molar refractivity (Wildman–Crippen MR) is 114 cm³/mol. The Morgan fingerprint density at radius 3 is 2.52 bits per heavy atom. The van der Waals surface area contributed by atoms with E-state index in [-0.39, 0.29) is 23.3 Å². The van der Waals surface area contributed by atoms with Gasteiger partial charge in [0, 0.05) is 25.3 Å². The normalized spacial score (nSPS) is 16.8. The van der Waals surface area contributed by atoms with Crippen molar-refractivity contribution in [2.24, 2.45) is 5.92 Å². The summed E-state index contributed by atoms with van der Waals surface area (Å²) in [5, 5.41) is 11.8. The van der Waals surface area contributed by atoms with Crippen LogP contribution in [0.2, 0.25) is 0 Å². The molecular formula is C21H32N4O3S. The first-order chi connectivity index (χ1) is 13.8. The average molecular weight is 421 g/mol. The molecule has 0 spiro atoms. The zero-order valence-electron chi connectivity index (χ0n) is 17.6. The highest BCUT2D eigenvalue weighted by molar-refractivity contribution is 7.89. The molecule has 1 N–H and O–H groups in total. The van der Waals surface area contributed by atoms with E-state index in [9.17, 15) is 13.2 Å². The second-order valence-corrected chi connectivity index (χ2v) is 9.61. The number of hydrogen-bond acceptors (Lipinski definition) is 5. The average Bonchev–Trinajstić information content (AvgIpc) is 2.98. The van der Waals surface area contributed by atoms with E-state index in [1.165, 1.54) is 0 Å². The van der Waals surface area contributed by atoms with Crippen molar-refractivity contribution >= 4 is 21.6 Å². The predicted octanol–water partition coefficient (Wildman–Crippen LogP) is 2.98. The molecule has 1 saturated heterocycles. The molecule has 1 aromatic carbocycles. The second kappa shape index (κ2) is 10.7. The van der Waals surface area contributed by atoms with Crippen molar-refractivity contribution in [1.29, 1.82) is 5.26 Å². The molecule has 1 amide bonds. The Kier molecular flexibility index (Phi) is 8.62. The molecule has 0 bridgehead atoms. The summed E-state index contributed by atoms with van der Waals surface area (Å²) in [6.45, 7) is 7.95. The SMILES string of the molecule is CCN(CC(=O)Nc1ccc(C)c(S(=O)(=O)N2CCCCCC2)c1)CC(C)C#N. The molecule has 160 valence electrons. The van der Waals surface area contributed by atoms with Gasteiger partial charge in [0.05, 0.1) is 23.4 Å². The van der Waals surface area contributed by atoms with Crippen molar-refractivity contribution in [3.05, 3.63) is 23.8 Å². The third kappa shape index (κ3) is 6.53. The van der Waals surface area contributed by atoms with Crippen LogP contribution >= 0.6 is 0 Å². The lowest BCUT2D eigenvalue weighted by Gasteiger charge is -2.22. The number of hydrogen-bond donors (Lipinski definition) is 1. The van der Waals surface area contributed by atoms with Crippen LogP contribution < -0.4 is 5.32 Å². The summed E-state index contributed by atoms with van der Waals surface area (Å²) in [4.78, 5) is 14.6. The Morgan fingerprint density at radius 2 is 1.93 bits per heavy atom. The zero-order chi connectivity index (χ0) is 21.4. The van der Waals surface area contributed by atoms with E-state index in [0.29, 0.717) is 37.4 Å². The van der Waals surface area contributed by atoms with E-state index in [2.05, 4.69) is 11.4 Å². The molecule has 29 heavy (non-hydrogen) atoms. The zero-order valence-corrected chi connectivity index (χ0v) is 18.5. The number of nitriles is 1. The van der Waals surface area contributed by atoms with Gasteiger partial charge in [0.15, 0.2) is 0 Å². The van der Waals surface area contributed by atoms with Crippen molar-refractivity contribution in [2.45, 2.75) is 51.3 Å². The minimum absolute atomic E-state index is 0.157. The lowest BCUT2D eigenvalue weighted by molar-refractivity contribution is -0.117. The molecule has 1 atom stereocenters. The molecule has 2 rings (SSSR count). The van der Waals surface area contributed by atoms with Crippen molar-refractivity contribution in [3.63, 3.8) is 0 Å². The molecule has 0 radical (unpaired) electrons. The third-order valence-corrected chi connectivity index (χ3v) is 7.26. The number of nitrogens with zero attached hydrogens (tertiary/aromatic N) is 3. The van der Waals surface area contributed by atoms with Gasteiger partial charge in [0.1, 0.15) is 0 Å². The van der Waals surface area contributed by atoms with Gasteiger partial charge in [-0.1, -0.05) is 25.8 Å². The first-order valence-electron chi connectivity index (χ1n) is 10.3. The Labute approximate surface area is 174 Å². The van der Waals surface area contributed by atoms with Gasteiger partial charge in [0.2, 0.25) is 15.9 Å². The van der Waals surface area contributed by atoms with E-state index in [0.717, 1.165) is 25.7 Å². The number of carbonyl (C=O) groups excluding carboxylic acids is 1. The summed E-state index contributed by atoms with van der Waals surface area (Å²) in [5.41, 5.74) is 1.14. The van der Waals surface area contributed by atoms with E-state index in [1.54, 1.807) is 29.4 Å². The number of amides is 1. The summed E-state index contributed by atoms with van der Waals surface area (Å²) < 4.78 is 27.9. The molecule has 1 aliphatic rings. The largest absolute Gasteiger partial charge is 0.325 e. The summed E-state index contributed by atoms with van der Waals surface area (Å²) in [5.74, 6) is -0.383. The maximum absolute atomic E-state index is 13.2.